The molecule has 5 nitrogen and oxygen atoms in total. The van der Waals surface area contributed by atoms with Gasteiger partial charge in [0.2, 0.25) is 5.91 Å². The highest BCUT2D eigenvalue weighted by Gasteiger charge is 2.15. The fourth-order valence-corrected chi connectivity index (χ4v) is 1.49. The minimum atomic E-state index is -0.285. The molecule has 4 N–H and O–H groups in total. The summed E-state index contributed by atoms with van der Waals surface area (Å²) in [6.45, 7) is 4.61. The number of hydrogen-bond donors (Lipinski definition) is 3. The lowest BCUT2D eigenvalue weighted by Crippen LogP contribution is -2.29. The van der Waals surface area contributed by atoms with Crippen LogP contribution in [0.4, 0.5) is 5.69 Å². The monoisotopic (exact) mass is 263 g/mol. The molecule has 1 aromatic carbocycles. The van der Waals surface area contributed by atoms with Crippen LogP contribution in [0.1, 0.15) is 30.6 Å². The van der Waals surface area contributed by atoms with E-state index >= 15 is 0 Å². The van der Waals surface area contributed by atoms with Gasteiger partial charge in [0.05, 0.1) is 11.3 Å². The zero-order valence-electron chi connectivity index (χ0n) is 11.4. The van der Waals surface area contributed by atoms with Crippen LogP contribution in [-0.2, 0) is 4.79 Å². The van der Waals surface area contributed by atoms with Gasteiger partial charge in [0, 0.05) is 19.0 Å². The second-order valence-electron chi connectivity index (χ2n) is 4.43. The molecule has 0 aromatic heterocycles. The molecule has 1 aromatic rings. The highest BCUT2D eigenvalue weighted by atomic mass is 16.2. The zero-order chi connectivity index (χ0) is 14.3. The Morgan fingerprint density at radius 3 is 2.63 bits per heavy atom. The summed E-state index contributed by atoms with van der Waals surface area (Å²) in [4.78, 5) is 23.8. The van der Waals surface area contributed by atoms with Crippen LogP contribution >= 0.6 is 0 Å². The van der Waals surface area contributed by atoms with Crippen LogP contribution in [-0.4, -0.2) is 24.9 Å². The topological polar surface area (TPSA) is 84.2 Å². The summed E-state index contributed by atoms with van der Waals surface area (Å²) in [6, 6.07) is 6.94. The number of carbonyl (C=O) groups excluding carboxylic acids is 2. The number of carbonyl (C=O) groups is 2. The van der Waals surface area contributed by atoms with E-state index < -0.39 is 0 Å². The van der Waals surface area contributed by atoms with E-state index in [2.05, 4.69) is 10.6 Å². The lowest BCUT2D eigenvalue weighted by Gasteiger charge is -2.13. The van der Waals surface area contributed by atoms with Crippen molar-refractivity contribution in [1.82, 2.24) is 5.32 Å². The van der Waals surface area contributed by atoms with Crippen molar-refractivity contribution in [3.05, 3.63) is 29.8 Å². The van der Waals surface area contributed by atoms with Gasteiger partial charge in [-0.05, 0) is 18.6 Å². The summed E-state index contributed by atoms with van der Waals surface area (Å²) in [6.07, 6.45) is 0.866. The number of rotatable bonds is 6. The Hall–Kier alpha value is -1.88. The van der Waals surface area contributed by atoms with Gasteiger partial charge in [0.15, 0.2) is 0 Å². The number of amides is 2. The van der Waals surface area contributed by atoms with Crippen molar-refractivity contribution in [2.45, 2.75) is 20.3 Å². The molecule has 0 spiro atoms. The second-order valence-corrected chi connectivity index (χ2v) is 4.43. The van der Waals surface area contributed by atoms with E-state index in [0.717, 1.165) is 6.42 Å². The molecule has 1 rings (SSSR count). The fourth-order valence-electron chi connectivity index (χ4n) is 1.49. The van der Waals surface area contributed by atoms with Crippen LogP contribution in [0.15, 0.2) is 24.3 Å². The minimum Gasteiger partial charge on any atom is -0.352 e. The summed E-state index contributed by atoms with van der Waals surface area (Å²) in [5.74, 6) is -0.650. The molecule has 0 saturated carbocycles. The van der Waals surface area contributed by atoms with Gasteiger partial charge in [0.25, 0.3) is 5.91 Å². The Labute approximate surface area is 113 Å². The second kappa shape index (κ2) is 7.53. The molecular formula is C14H21N3O2. The SMILES string of the molecule is CCCNC(=O)c1ccccc1NC(=O)C(C)CN. The third kappa shape index (κ3) is 4.37. The molecule has 104 valence electrons. The van der Waals surface area contributed by atoms with E-state index in [1.54, 1.807) is 31.2 Å². The van der Waals surface area contributed by atoms with E-state index in [1.165, 1.54) is 0 Å². The van der Waals surface area contributed by atoms with Crippen LogP contribution in [0.5, 0.6) is 0 Å². The molecule has 1 unspecified atom stereocenters. The molecule has 0 fully saturated rings. The van der Waals surface area contributed by atoms with E-state index in [-0.39, 0.29) is 24.3 Å². The maximum absolute atomic E-state index is 12.0. The van der Waals surface area contributed by atoms with Gasteiger partial charge < -0.3 is 16.4 Å². The van der Waals surface area contributed by atoms with Gasteiger partial charge in [-0.2, -0.15) is 0 Å². The quantitative estimate of drug-likeness (QED) is 0.724. The summed E-state index contributed by atoms with van der Waals surface area (Å²) in [5, 5.41) is 5.53. The van der Waals surface area contributed by atoms with Crippen molar-refractivity contribution in [1.29, 1.82) is 0 Å². The van der Waals surface area contributed by atoms with Crippen LogP contribution in [0, 0.1) is 5.92 Å². The Balaban J connectivity index is 2.84. The standard InChI is InChI=1S/C14H21N3O2/c1-3-8-16-14(19)11-6-4-5-7-12(11)17-13(18)10(2)9-15/h4-7,10H,3,8-9,15H2,1-2H3,(H,16,19)(H,17,18). The number of hydrogen-bond acceptors (Lipinski definition) is 3. The van der Waals surface area contributed by atoms with E-state index in [9.17, 15) is 9.59 Å². The molecule has 0 aliphatic heterocycles. The largest absolute Gasteiger partial charge is 0.352 e. The lowest BCUT2D eigenvalue weighted by atomic mass is 10.1. The maximum Gasteiger partial charge on any atom is 0.253 e. The van der Waals surface area contributed by atoms with Gasteiger partial charge in [-0.15, -0.1) is 0 Å². The van der Waals surface area contributed by atoms with E-state index in [0.29, 0.717) is 17.8 Å². The van der Waals surface area contributed by atoms with Crippen molar-refractivity contribution in [3.63, 3.8) is 0 Å². The Kier molecular flexibility index (Phi) is 6.02. The molecule has 2 amide bonds. The molecule has 0 aliphatic carbocycles. The number of anilines is 1. The van der Waals surface area contributed by atoms with Crippen LogP contribution in [0.2, 0.25) is 0 Å². The van der Waals surface area contributed by atoms with Crippen molar-refractivity contribution < 1.29 is 9.59 Å². The van der Waals surface area contributed by atoms with Crippen LogP contribution in [0.25, 0.3) is 0 Å². The average Bonchev–Trinajstić information content (AvgIpc) is 2.44. The van der Waals surface area contributed by atoms with Crippen molar-refractivity contribution in [2.75, 3.05) is 18.4 Å². The number of nitrogens with one attached hydrogen (secondary N) is 2. The van der Waals surface area contributed by atoms with Gasteiger partial charge in [0.1, 0.15) is 0 Å². The predicted molar refractivity (Wildman–Crippen MR) is 75.9 cm³/mol. The number of para-hydroxylation sites is 1. The molecule has 19 heavy (non-hydrogen) atoms. The molecule has 0 saturated heterocycles. The third-order valence-corrected chi connectivity index (χ3v) is 2.77. The van der Waals surface area contributed by atoms with Crippen molar-refractivity contribution in [2.24, 2.45) is 11.7 Å². The summed E-state index contributed by atoms with van der Waals surface area (Å²) in [7, 11) is 0. The Bertz CT molecular complexity index is 446. The molecule has 1 atom stereocenters. The molecule has 0 radical (unpaired) electrons. The first kappa shape index (κ1) is 15.2. The highest BCUT2D eigenvalue weighted by Crippen LogP contribution is 2.15. The molecule has 0 bridgehead atoms. The fraction of sp³-hybridized carbons (Fsp3) is 0.429. The smallest absolute Gasteiger partial charge is 0.253 e. The van der Waals surface area contributed by atoms with E-state index in [4.69, 9.17) is 5.73 Å². The third-order valence-electron chi connectivity index (χ3n) is 2.77. The molecule has 0 aliphatic rings. The minimum absolute atomic E-state index is 0.182. The number of benzene rings is 1. The summed E-state index contributed by atoms with van der Waals surface area (Å²) < 4.78 is 0. The van der Waals surface area contributed by atoms with Gasteiger partial charge >= 0.3 is 0 Å². The lowest BCUT2D eigenvalue weighted by molar-refractivity contribution is -0.119. The highest BCUT2D eigenvalue weighted by molar-refractivity contribution is 6.04. The molecule has 0 heterocycles. The summed E-state index contributed by atoms with van der Waals surface area (Å²) >= 11 is 0. The van der Waals surface area contributed by atoms with E-state index in [1.807, 2.05) is 6.92 Å². The first-order chi connectivity index (χ1) is 9.10. The van der Waals surface area contributed by atoms with Crippen molar-refractivity contribution >= 4 is 17.5 Å². The van der Waals surface area contributed by atoms with Gasteiger partial charge in [-0.25, -0.2) is 0 Å². The van der Waals surface area contributed by atoms with Gasteiger partial charge in [-0.3, -0.25) is 9.59 Å². The first-order valence-corrected chi connectivity index (χ1v) is 6.48. The van der Waals surface area contributed by atoms with Gasteiger partial charge in [-0.1, -0.05) is 26.0 Å². The molecule has 5 heteroatoms. The predicted octanol–water partition coefficient (Wildman–Crippen LogP) is 1.36. The Morgan fingerprint density at radius 1 is 1.32 bits per heavy atom. The average molecular weight is 263 g/mol. The zero-order valence-corrected chi connectivity index (χ0v) is 11.4. The van der Waals surface area contributed by atoms with Crippen LogP contribution < -0.4 is 16.4 Å². The Morgan fingerprint density at radius 2 is 2.00 bits per heavy atom. The van der Waals surface area contributed by atoms with Crippen molar-refractivity contribution in [3.8, 4) is 0 Å². The molecular weight excluding hydrogens is 242 g/mol. The normalized spacial score (nSPS) is 11.7. The number of nitrogens with two attached hydrogens (primary N) is 1. The first-order valence-electron chi connectivity index (χ1n) is 6.48. The van der Waals surface area contributed by atoms with Crippen LogP contribution in [0.3, 0.4) is 0 Å². The summed E-state index contributed by atoms with van der Waals surface area (Å²) in [5.41, 5.74) is 6.43. The maximum atomic E-state index is 12.0.